The second kappa shape index (κ2) is 11.8. The number of ether oxygens (including phenoxy) is 1. The van der Waals surface area contributed by atoms with Crippen molar-refractivity contribution in [2.75, 3.05) is 26.2 Å². The molecule has 0 spiro atoms. The fraction of sp³-hybridized carbons (Fsp3) is 0.391. The summed E-state index contributed by atoms with van der Waals surface area (Å²) in [5.74, 6) is 0.979. The molecule has 1 saturated heterocycles. The van der Waals surface area contributed by atoms with Crippen LogP contribution in [-0.2, 0) is 0 Å². The van der Waals surface area contributed by atoms with Crippen LogP contribution in [0, 0.1) is 0 Å². The highest BCUT2D eigenvalue weighted by Gasteiger charge is 2.09. The molecule has 0 saturated carbocycles. The van der Waals surface area contributed by atoms with Crippen molar-refractivity contribution in [3.05, 3.63) is 65.7 Å². The lowest BCUT2D eigenvalue weighted by Gasteiger charge is -2.26. The summed E-state index contributed by atoms with van der Waals surface area (Å²) < 4.78 is 6.05. The van der Waals surface area contributed by atoms with E-state index in [1.807, 2.05) is 12.1 Å². The first-order chi connectivity index (χ1) is 12.4. The Morgan fingerprint density at radius 1 is 0.808 bits per heavy atom. The third-order valence-electron chi connectivity index (χ3n) is 4.75. The number of likely N-dealkylation sites (tertiary alicyclic amines) is 1. The molecule has 0 atom stereocenters. The predicted octanol–water partition coefficient (Wildman–Crippen LogP) is 5.92. The van der Waals surface area contributed by atoms with Crippen LogP contribution < -0.4 is 4.74 Å². The smallest absolute Gasteiger partial charge is 0.126 e. The summed E-state index contributed by atoms with van der Waals surface area (Å²) in [6, 6.07) is 18.7. The minimum Gasteiger partial charge on any atom is -0.493 e. The molecule has 1 fully saturated rings. The summed E-state index contributed by atoms with van der Waals surface area (Å²) in [6.45, 7) is 4.59. The first kappa shape index (κ1) is 20.5. The van der Waals surface area contributed by atoms with Gasteiger partial charge in [-0.3, -0.25) is 0 Å². The summed E-state index contributed by atoms with van der Waals surface area (Å²) in [6.07, 6.45) is 10.8. The zero-order valence-corrected chi connectivity index (χ0v) is 16.3. The van der Waals surface area contributed by atoms with Crippen LogP contribution in [0.2, 0.25) is 0 Å². The first-order valence-electron chi connectivity index (χ1n) is 9.59. The van der Waals surface area contributed by atoms with Crippen molar-refractivity contribution in [1.82, 2.24) is 4.90 Å². The summed E-state index contributed by atoms with van der Waals surface area (Å²) in [7, 11) is 0. The maximum atomic E-state index is 6.05. The molecule has 2 aromatic rings. The van der Waals surface area contributed by atoms with Crippen LogP contribution in [0.1, 0.15) is 43.2 Å². The fourth-order valence-corrected chi connectivity index (χ4v) is 3.30. The van der Waals surface area contributed by atoms with Crippen LogP contribution in [0.4, 0.5) is 0 Å². The van der Waals surface area contributed by atoms with Gasteiger partial charge in [-0.15, -0.1) is 12.4 Å². The normalized spacial score (nSPS) is 14.9. The monoisotopic (exact) mass is 371 g/mol. The SMILES string of the molecule is C(=C\c1ccccc1OCCCCN1CCCCC1)/c1ccccc1.Cl. The zero-order chi connectivity index (χ0) is 17.2. The largest absolute Gasteiger partial charge is 0.493 e. The molecule has 0 amide bonds. The second-order valence-electron chi connectivity index (χ2n) is 6.74. The van der Waals surface area contributed by atoms with Crippen molar-refractivity contribution in [2.45, 2.75) is 32.1 Å². The molecule has 0 radical (unpaired) electrons. The van der Waals surface area contributed by atoms with Gasteiger partial charge in [0, 0.05) is 5.56 Å². The van der Waals surface area contributed by atoms with Crippen LogP contribution in [0.15, 0.2) is 54.6 Å². The molecule has 1 aliphatic rings. The van der Waals surface area contributed by atoms with Crippen LogP contribution in [0.5, 0.6) is 5.75 Å². The summed E-state index contributed by atoms with van der Waals surface area (Å²) in [5, 5.41) is 0. The number of piperidine rings is 1. The minimum absolute atomic E-state index is 0. The van der Waals surface area contributed by atoms with E-state index < -0.39 is 0 Å². The van der Waals surface area contributed by atoms with Gasteiger partial charge in [-0.2, -0.15) is 0 Å². The Bertz CT molecular complexity index is 650. The number of benzene rings is 2. The van der Waals surface area contributed by atoms with Gasteiger partial charge in [0.15, 0.2) is 0 Å². The molecule has 0 unspecified atom stereocenters. The lowest BCUT2D eigenvalue weighted by atomic mass is 10.1. The Labute approximate surface area is 164 Å². The van der Waals surface area contributed by atoms with Gasteiger partial charge < -0.3 is 9.64 Å². The quantitative estimate of drug-likeness (QED) is 0.421. The Hall–Kier alpha value is -1.77. The molecule has 2 nitrogen and oxygen atoms in total. The van der Waals surface area contributed by atoms with Gasteiger partial charge in [0.25, 0.3) is 0 Å². The van der Waals surface area contributed by atoms with E-state index in [9.17, 15) is 0 Å². The Morgan fingerprint density at radius 2 is 1.54 bits per heavy atom. The number of unbranched alkanes of at least 4 members (excludes halogenated alkanes) is 1. The summed E-state index contributed by atoms with van der Waals surface area (Å²) in [5.41, 5.74) is 2.35. The van der Waals surface area contributed by atoms with Gasteiger partial charge in [0.2, 0.25) is 0 Å². The maximum Gasteiger partial charge on any atom is 0.126 e. The number of rotatable bonds is 8. The van der Waals surface area contributed by atoms with Gasteiger partial charge in [-0.25, -0.2) is 0 Å². The number of nitrogens with zero attached hydrogens (tertiary/aromatic N) is 1. The van der Waals surface area contributed by atoms with Gasteiger partial charge in [-0.05, 0) is 56.9 Å². The highest BCUT2D eigenvalue weighted by atomic mass is 35.5. The van der Waals surface area contributed by atoms with E-state index in [0.29, 0.717) is 0 Å². The molecule has 0 N–H and O–H groups in total. The Balaban J connectivity index is 0.00000243. The van der Waals surface area contributed by atoms with Gasteiger partial charge in [-0.1, -0.05) is 67.1 Å². The number of hydrogen-bond acceptors (Lipinski definition) is 2. The van der Waals surface area contributed by atoms with Crippen molar-refractivity contribution in [3.63, 3.8) is 0 Å². The summed E-state index contributed by atoms with van der Waals surface area (Å²) in [4.78, 5) is 2.60. The molecule has 0 bridgehead atoms. The van der Waals surface area contributed by atoms with E-state index in [2.05, 4.69) is 59.5 Å². The van der Waals surface area contributed by atoms with Crippen LogP contribution in [0.3, 0.4) is 0 Å². The second-order valence-corrected chi connectivity index (χ2v) is 6.74. The highest BCUT2D eigenvalue weighted by Crippen LogP contribution is 2.21. The Morgan fingerprint density at radius 3 is 2.35 bits per heavy atom. The molecular formula is C23H30ClNO. The lowest BCUT2D eigenvalue weighted by Crippen LogP contribution is -2.30. The fourth-order valence-electron chi connectivity index (χ4n) is 3.30. The standard InChI is InChI=1S/C23H29NO.ClH/c1-3-11-21(12-4-1)15-16-22-13-5-6-14-23(22)25-20-10-9-19-24-17-7-2-8-18-24;/h1,3-6,11-16H,2,7-10,17-20H2;1H/b16-15+;. The molecular weight excluding hydrogens is 342 g/mol. The van der Waals surface area contributed by atoms with Crippen molar-refractivity contribution in [3.8, 4) is 5.75 Å². The predicted molar refractivity (Wildman–Crippen MR) is 114 cm³/mol. The zero-order valence-electron chi connectivity index (χ0n) is 15.5. The van der Waals surface area contributed by atoms with Crippen LogP contribution in [-0.4, -0.2) is 31.1 Å². The van der Waals surface area contributed by atoms with Gasteiger partial charge in [0.1, 0.15) is 5.75 Å². The van der Waals surface area contributed by atoms with E-state index in [4.69, 9.17) is 4.74 Å². The third kappa shape index (κ3) is 6.86. The molecule has 1 aliphatic heterocycles. The molecule has 1 heterocycles. The van der Waals surface area contributed by atoms with Crippen molar-refractivity contribution in [1.29, 1.82) is 0 Å². The molecule has 0 aromatic heterocycles. The van der Waals surface area contributed by atoms with E-state index in [1.54, 1.807) is 0 Å². The minimum atomic E-state index is 0. The number of para-hydroxylation sites is 1. The highest BCUT2D eigenvalue weighted by molar-refractivity contribution is 5.85. The molecule has 0 aliphatic carbocycles. The van der Waals surface area contributed by atoms with E-state index >= 15 is 0 Å². The van der Waals surface area contributed by atoms with Gasteiger partial charge in [0.05, 0.1) is 6.61 Å². The average Bonchev–Trinajstić information content (AvgIpc) is 2.68. The first-order valence-corrected chi connectivity index (χ1v) is 9.59. The van der Waals surface area contributed by atoms with Crippen LogP contribution >= 0.6 is 12.4 Å². The third-order valence-corrected chi connectivity index (χ3v) is 4.75. The summed E-state index contributed by atoms with van der Waals surface area (Å²) >= 11 is 0. The molecule has 140 valence electrons. The maximum absolute atomic E-state index is 6.05. The van der Waals surface area contributed by atoms with E-state index in [0.717, 1.165) is 24.3 Å². The van der Waals surface area contributed by atoms with E-state index in [-0.39, 0.29) is 12.4 Å². The molecule has 3 heteroatoms. The number of hydrogen-bond donors (Lipinski definition) is 0. The van der Waals surface area contributed by atoms with Crippen LogP contribution in [0.25, 0.3) is 12.2 Å². The van der Waals surface area contributed by atoms with Crippen molar-refractivity contribution >= 4 is 24.6 Å². The van der Waals surface area contributed by atoms with Crippen molar-refractivity contribution in [2.24, 2.45) is 0 Å². The molecule has 2 aromatic carbocycles. The average molecular weight is 372 g/mol. The lowest BCUT2D eigenvalue weighted by molar-refractivity contribution is 0.216. The van der Waals surface area contributed by atoms with E-state index in [1.165, 1.54) is 50.9 Å². The molecule has 3 rings (SSSR count). The number of halogens is 1. The Kier molecular flexibility index (Phi) is 9.30. The van der Waals surface area contributed by atoms with Gasteiger partial charge >= 0.3 is 0 Å². The van der Waals surface area contributed by atoms with Crippen molar-refractivity contribution < 1.29 is 4.74 Å². The molecule has 26 heavy (non-hydrogen) atoms. The topological polar surface area (TPSA) is 12.5 Å².